The Morgan fingerprint density at radius 1 is 0.273 bits per heavy atom. The molecule has 0 amide bonds. The molecule has 0 aromatic rings. The van der Waals surface area contributed by atoms with E-state index in [0.29, 0.717) is 12.8 Å². The predicted octanol–water partition coefficient (Wildman–Crippen LogP) is 22.0. The highest BCUT2D eigenvalue weighted by Crippen LogP contribution is 2.16. The third-order valence-electron chi connectivity index (χ3n) is 13.4. The van der Waals surface area contributed by atoms with Gasteiger partial charge in [0.2, 0.25) is 0 Å². The summed E-state index contributed by atoms with van der Waals surface area (Å²) in [4.78, 5) is 38.3. The van der Waals surface area contributed by atoms with Crippen LogP contribution >= 0.6 is 0 Å². The van der Waals surface area contributed by atoms with Crippen LogP contribution in [-0.4, -0.2) is 37.2 Å². The highest BCUT2D eigenvalue weighted by molar-refractivity contribution is 5.71. The maximum absolute atomic E-state index is 12.9. The minimum Gasteiger partial charge on any atom is -0.462 e. The molecular weight excluding hydrogens is 949 g/mol. The molecule has 0 aromatic heterocycles. The Morgan fingerprint density at radius 2 is 0.506 bits per heavy atom. The molecule has 6 nitrogen and oxygen atoms in total. The average molecular weight is 1070 g/mol. The molecule has 0 radical (unpaired) electrons. The maximum Gasteiger partial charge on any atom is 0.306 e. The number of hydrogen-bond donors (Lipinski definition) is 0. The Kier molecular flexibility index (Phi) is 60.8. The van der Waals surface area contributed by atoms with Gasteiger partial charge in [-0.3, -0.25) is 14.4 Å². The molecule has 0 aliphatic rings. The van der Waals surface area contributed by atoms with Crippen LogP contribution in [-0.2, 0) is 28.6 Å². The van der Waals surface area contributed by atoms with Gasteiger partial charge in [0.1, 0.15) is 13.2 Å². The van der Waals surface area contributed by atoms with E-state index in [2.05, 4.69) is 142 Å². The second-order valence-corrected chi connectivity index (χ2v) is 20.9. The standard InChI is InChI=1S/C71H118O6/c1-4-7-10-13-16-19-22-25-27-29-31-32-33-34-35-36-37-38-40-41-43-46-49-52-55-58-61-64-70(73)76-67-68(66-75-69(72)63-60-57-54-51-48-45-24-21-18-15-12-9-6-3)77-71(74)65-62-59-56-53-50-47-44-42-39-30-28-26-23-20-17-14-11-8-5-2/h8-9,11-12,17-18,20-22,25-26,28-29,31,39,42,45,47-48,50,68H,4-7,10,13-16,19,23-24,27,30,32-38,40-41,43-44,46,49,51-67H2,1-3H3/b11-8-,12-9-,20-17-,21-18-,25-22-,28-26-,31-29-,42-39-,48-45-,50-47-. The number of carbonyl (C=O) groups excluding carboxylic acids is 3. The van der Waals surface area contributed by atoms with E-state index >= 15 is 0 Å². The van der Waals surface area contributed by atoms with Crippen LogP contribution in [0.1, 0.15) is 290 Å². The highest BCUT2D eigenvalue weighted by atomic mass is 16.6. The largest absolute Gasteiger partial charge is 0.462 e. The van der Waals surface area contributed by atoms with Crippen molar-refractivity contribution in [3.8, 4) is 0 Å². The van der Waals surface area contributed by atoms with Crippen molar-refractivity contribution in [2.24, 2.45) is 0 Å². The fourth-order valence-corrected chi connectivity index (χ4v) is 8.69. The lowest BCUT2D eigenvalue weighted by molar-refractivity contribution is -0.167. The number of allylic oxidation sites excluding steroid dienone is 20. The van der Waals surface area contributed by atoms with Gasteiger partial charge in [-0.1, -0.05) is 264 Å². The predicted molar refractivity (Wildman–Crippen MR) is 334 cm³/mol. The highest BCUT2D eigenvalue weighted by Gasteiger charge is 2.19. The van der Waals surface area contributed by atoms with E-state index in [0.717, 1.165) is 128 Å². The van der Waals surface area contributed by atoms with Crippen molar-refractivity contribution in [1.29, 1.82) is 0 Å². The Hall–Kier alpha value is -4.19. The first-order valence-corrected chi connectivity index (χ1v) is 32.0. The van der Waals surface area contributed by atoms with E-state index < -0.39 is 6.10 Å². The molecule has 0 spiro atoms. The van der Waals surface area contributed by atoms with Gasteiger partial charge in [-0.25, -0.2) is 0 Å². The van der Waals surface area contributed by atoms with Crippen LogP contribution in [0.4, 0.5) is 0 Å². The molecule has 0 N–H and O–H groups in total. The van der Waals surface area contributed by atoms with E-state index in [1.807, 2.05) is 0 Å². The summed E-state index contributed by atoms with van der Waals surface area (Å²) < 4.78 is 16.9. The summed E-state index contributed by atoms with van der Waals surface area (Å²) in [5.41, 5.74) is 0. The van der Waals surface area contributed by atoms with Crippen LogP contribution in [0.5, 0.6) is 0 Å². The molecule has 0 saturated carbocycles. The molecule has 1 atom stereocenters. The summed E-state index contributed by atoms with van der Waals surface area (Å²) in [5, 5.41) is 0. The van der Waals surface area contributed by atoms with Crippen molar-refractivity contribution in [3.05, 3.63) is 122 Å². The molecule has 1 unspecified atom stereocenters. The zero-order chi connectivity index (χ0) is 55.7. The molecule has 0 heterocycles. The van der Waals surface area contributed by atoms with E-state index in [1.165, 1.54) is 122 Å². The first-order chi connectivity index (χ1) is 38.0. The maximum atomic E-state index is 12.9. The van der Waals surface area contributed by atoms with Crippen molar-refractivity contribution in [3.63, 3.8) is 0 Å². The van der Waals surface area contributed by atoms with E-state index in [1.54, 1.807) is 0 Å². The molecule has 0 saturated heterocycles. The summed E-state index contributed by atoms with van der Waals surface area (Å²) in [7, 11) is 0. The van der Waals surface area contributed by atoms with Gasteiger partial charge in [-0.05, 0) is 128 Å². The molecule has 0 aliphatic carbocycles. The normalized spacial score (nSPS) is 12.9. The summed E-state index contributed by atoms with van der Waals surface area (Å²) >= 11 is 0. The second kappa shape index (κ2) is 64.3. The minimum atomic E-state index is -0.812. The molecule has 77 heavy (non-hydrogen) atoms. The van der Waals surface area contributed by atoms with E-state index in [9.17, 15) is 14.4 Å². The molecule has 0 aromatic carbocycles. The SMILES string of the molecule is CC/C=C\C/C=C\C/C=C\C/C=C\C/C=C\CCCCCC(=O)OC(COC(=O)CCCCC/C=C\C/C=C\C/C=C\CC)COC(=O)CCCCCCCCCCCCCCCCC/C=C\C/C=C\CCCCCCC. The van der Waals surface area contributed by atoms with Gasteiger partial charge in [0.05, 0.1) is 0 Å². The topological polar surface area (TPSA) is 78.9 Å². The van der Waals surface area contributed by atoms with Crippen LogP contribution in [0.2, 0.25) is 0 Å². The fraction of sp³-hybridized carbons (Fsp3) is 0.676. The third kappa shape index (κ3) is 62.5. The van der Waals surface area contributed by atoms with Crippen LogP contribution in [0.25, 0.3) is 0 Å². The Morgan fingerprint density at radius 3 is 0.805 bits per heavy atom. The van der Waals surface area contributed by atoms with Crippen LogP contribution in [0.3, 0.4) is 0 Å². The lowest BCUT2D eigenvalue weighted by Crippen LogP contribution is -2.30. The van der Waals surface area contributed by atoms with Crippen molar-refractivity contribution in [2.45, 2.75) is 297 Å². The number of unbranched alkanes of at least 4 members (excludes halogenated alkanes) is 26. The molecule has 0 aliphatic heterocycles. The molecule has 0 rings (SSSR count). The van der Waals surface area contributed by atoms with Crippen molar-refractivity contribution in [1.82, 2.24) is 0 Å². The molecular formula is C71H118O6. The average Bonchev–Trinajstić information content (AvgIpc) is 3.43. The summed E-state index contributed by atoms with van der Waals surface area (Å²) in [6.45, 7) is 6.36. The summed E-state index contributed by atoms with van der Waals surface area (Å²) in [6, 6.07) is 0. The van der Waals surface area contributed by atoms with E-state index in [-0.39, 0.29) is 37.5 Å². The first kappa shape index (κ1) is 72.8. The number of esters is 3. The van der Waals surface area contributed by atoms with Crippen molar-refractivity contribution >= 4 is 17.9 Å². The summed E-state index contributed by atoms with van der Waals surface area (Å²) in [6.07, 6.45) is 89.3. The smallest absolute Gasteiger partial charge is 0.306 e. The van der Waals surface area contributed by atoms with Gasteiger partial charge >= 0.3 is 17.9 Å². The molecule has 6 heteroatoms. The zero-order valence-electron chi connectivity index (χ0n) is 50.2. The fourth-order valence-electron chi connectivity index (χ4n) is 8.69. The lowest BCUT2D eigenvalue weighted by Gasteiger charge is -2.18. The van der Waals surface area contributed by atoms with Crippen molar-refractivity contribution < 1.29 is 28.6 Å². The van der Waals surface area contributed by atoms with Gasteiger partial charge in [-0.2, -0.15) is 0 Å². The van der Waals surface area contributed by atoms with Gasteiger partial charge < -0.3 is 14.2 Å². The van der Waals surface area contributed by atoms with Crippen LogP contribution in [0.15, 0.2) is 122 Å². The quantitative estimate of drug-likeness (QED) is 0.0261. The Balaban J connectivity index is 4.35. The van der Waals surface area contributed by atoms with Crippen LogP contribution < -0.4 is 0 Å². The van der Waals surface area contributed by atoms with Crippen LogP contribution in [0, 0.1) is 0 Å². The lowest BCUT2D eigenvalue weighted by atomic mass is 10.0. The van der Waals surface area contributed by atoms with E-state index in [4.69, 9.17) is 14.2 Å². The summed E-state index contributed by atoms with van der Waals surface area (Å²) in [5.74, 6) is -0.963. The molecule has 438 valence electrons. The van der Waals surface area contributed by atoms with Crippen molar-refractivity contribution in [2.75, 3.05) is 13.2 Å². The number of rotatable bonds is 57. The number of hydrogen-bond acceptors (Lipinski definition) is 6. The van der Waals surface area contributed by atoms with Gasteiger partial charge in [0.25, 0.3) is 0 Å². The first-order valence-electron chi connectivity index (χ1n) is 32.0. The Labute approximate surface area is 475 Å². The molecule has 0 fully saturated rings. The number of carbonyl (C=O) groups is 3. The zero-order valence-corrected chi connectivity index (χ0v) is 50.2. The second-order valence-electron chi connectivity index (χ2n) is 20.9. The minimum absolute atomic E-state index is 0.103. The van der Waals surface area contributed by atoms with Gasteiger partial charge in [-0.15, -0.1) is 0 Å². The molecule has 0 bridgehead atoms. The van der Waals surface area contributed by atoms with Gasteiger partial charge in [0.15, 0.2) is 6.10 Å². The van der Waals surface area contributed by atoms with Gasteiger partial charge in [0, 0.05) is 19.3 Å². The monoisotopic (exact) mass is 1070 g/mol. The number of ether oxygens (including phenoxy) is 3. The third-order valence-corrected chi connectivity index (χ3v) is 13.4. The Bertz CT molecular complexity index is 1600.